The van der Waals surface area contributed by atoms with Crippen LogP contribution in [0.4, 0.5) is 18.9 Å². The largest absolute Gasteiger partial charge is 0.478 e. The van der Waals surface area contributed by atoms with Crippen LogP contribution in [-0.4, -0.2) is 33.9 Å². The number of aromatic carboxylic acids is 1. The molecule has 2 heterocycles. The quantitative estimate of drug-likeness (QED) is 0.564. The Morgan fingerprint density at radius 3 is 2.56 bits per heavy atom. The van der Waals surface area contributed by atoms with E-state index in [9.17, 15) is 22.8 Å². The van der Waals surface area contributed by atoms with Gasteiger partial charge in [-0.05, 0) is 37.6 Å². The third kappa shape index (κ3) is 3.33. The summed E-state index contributed by atoms with van der Waals surface area (Å²) < 4.78 is 38.3. The van der Waals surface area contributed by atoms with Gasteiger partial charge in [0.2, 0.25) is 0 Å². The van der Waals surface area contributed by atoms with Crippen LogP contribution in [0.3, 0.4) is 0 Å². The Balaban J connectivity index is 1.92. The maximum Gasteiger partial charge on any atom is 0.416 e. The molecule has 3 rings (SSSR count). The van der Waals surface area contributed by atoms with Gasteiger partial charge in [0.25, 0.3) is 5.91 Å². The molecule has 0 aliphatic carbocycles. The average molecular weight is 378 g/mol. The maximum atomic E-state index is 12.8. The Kier molecular flexibility index (Phi) is 4.34. The number of amides is 1. The highest BCUT2D eigenvalue weighted by atomic mass is 19.4. The van der Waals surface area contributed by atoms with E-state index in [-0.39, 0.29) is 22.5 Å². The van der Waals surface area contributed by atoms with E-state index in [1.165, 1.54) is 6.21 Å². The SMILES string of the molecule is Cc1[nH]c(C=NN=C2C(=O)Nc3cc(C(F)(F)F)ccc32)c(C)c1C(=O)O. The number of fused-ring (bicyclic) bond motifs is 1. The number of anilines is 1. The lowest BCUT2D eigenvalue weighted by molar-refractivity contribution is -0.137. The molecule has 0 bridgehead atoms. The van der Waals surface area contributed by atoms with Crippen LogP contribution in [0.5, 0.6) is 0 Å². The zero-order chi connectivity index (χ0) is 19.9. The van der Waals surface area contributed by atoms with Gasteiger partial charge in [0.05, 0.1) is 28.7 Å². The molecule has 0 saturated carbocycles. The Morgan fingerprint density at radius 1 is 1.26 bits per heavy atom. The number of carboxylic acids is 1. The van der Waals surface area contributed by atoms with Crippen LogP contribution >= 0.6 is 0 Å². The summed E-state index contributed by atoms with van der Waals surface area (Å²) >= 11 is 0. The topological polar surface area (TPSA) is 107 Å². The fourth-order valence-electron chi connectivity index (χ4n) is 2.80. The van der Waals surface area contributed by atoms with E-state index >= 15 is 0 Å². The van der Waals surface area contributed by atoms with Crippen molar-refractivity contribution >= 4 is 29.5 Å². The Morgan fingerprint density at radius 2 is 1.96 bits per heavy atom. The first-order valence-corrected chi connectivity index (χ1v) is 7.66. The molecule has 1 aromatic carbocycles. The van der Waals surface area contributed by atoms with Gasteiger partial charge >= 0.3 is 12.1 Å². The number of carbonyl (C=O) groups is 2. The van der Waals surface area contributed by atoms with Gasteiger partial charge in [0.1, 0.15) is 0 Å². The van der Waals surface area contributed by atoms with Crippen LogP contribution in [0.25, 0.3) is 0 Å². The smallest absolute Gasteiger partial charge is 0.416 e. The highest BCUT2D eigenvalue weighted by molar-refractivity contribution is 6.53. The lowest BCUT2D eigenvalue weighted by Crippen LogP contribution is -2.13. The number of aromatic nitrogens is 1. The molecule has 1 aliphatic rings. The van der Waals surface area contributed by atoms with Gasteiger partial charge in [0.15, 0.2) is 5.71 Å². The number of aryl methyl sites for hydroxylation is 1. The molecule has 0 fully saturated rings. The summed E-state index contributed by atoms with van der Waals surface area (Å²) in [7, 11) is 0. The summed E-state index contributed by atoms with van der Waals surface area (Å²) in [5, 5.41) is 19.0. The van der Waals surface area contributed by atoms with Gasteiger partial charge in [-0.2, -0.15) is 18.3 Å². The maximum absolute atomic E-state index is 12.8. The Bertz CT molecular complexity index is 1020. The van der Waals surface area contributed by atoms with Crippen LogP contribution in [0, 0.1) is 13.8 Å². The Labute approximate surface area is 150 Å². The lowest BCUT2D eigenvalue weighted by Gasteiger charge is -2.07. The standard InChI is InChI=1S/C17H13F3N4O3/c1-7-12(22-8(2)13(7)16(26)27)6-21-24-14-10-4-3-9(17(18,19)20)5-11(10)23-15(14)25/h3-6,22H,1-2H3,(H,26,27)(H,23,24,25). The fraction of sp³-hybridized carbons (Fsp3) is 0.176. The minimum atomic E-state index is -4.53. The van der Waals surface area contributed by atoms with Crippen molar-refractivity contribution in [2.45, 2.75) is 20.0 Å². The molecular formula is C17H13F3N4O3. The van der Waals surface area contributed by atoms with Crippen molar-refractivity contribution < 1.29 is 27.9 Å². The van der Waals surface area contributed by atoms with Gasteiger partial charge in [-0.1, -0.05) is 0 Å². The van der Waals surface area contributed by atoms with Gasteiger partial charge < -0.3 is 15.4 Å². The molecule has 0 spiro atoms. The summed E-state index contributed by atoms with van der Waals surface area (Å²) in [4.78, 5) is 26.0. The average Bonchev–Trinajstić information content (AvgIpc) is 3.02. The molecule has 7 nitrogen and oxygen atoms in total. The third-order valence-corrected chi connectivity index (χ3v) is 4.10. The fourth-order valence-corrected chi connectivity index (χ4v) is 2.80. The zero-order valence-electron chi connectivity index (χ0n) is 14.1. The second-order valence-electron chi connectivity index (χ2n) is 5.87. The molecule has 1 aliphatic heterocycles. The van der Waals surface area contributed by atoms with Crippen LogP contribution in [0.15, 0.2) is 28.4 Å². The van der Waals surface area contributed by atoms with Crippen molar-refractivity contribution in [3.8, 4) is 0 Å². The molecule has 0 atom stereocenters. The summed E-state index contributed by atoms with van der Waals surface area (Å²) in [6.45, 7) is 3.19. The molecule has 1 aromatic heterocycles. The number of nitrogens with one attached hydrogen (secondary N) is 2. The number of hydrogen-bond donors (Lipinski definition) is 3. The summed E-state index contributed by atoms with van der Waals surface area (Å²) in [6.07, 6.45) is -3.28. The van der Waals surface area contributed by atoms with E-state index in [4.69, 9.17) is 5.11 Å². The molecular weight excluding hydrogens is 365 g/mol. The van der Waals surface area contributed by atoms with E-state index in [0.29, 0.717) is 17.0 Å². The summed E-state index contributed by atoms with van der Waals surface area (Å²) in [5.74, 6) is -1.76. The van der Waals surface area contributed by atoms with E-state index in [1.54, 1.807) is 13.8 Å². The highest BCUT2D eigenvalue weighted by Gasteiger charge is 2.34. The van der Waals surface area contributed by atoms with Crippen LogP contribution in [-0.2, 0) is 11.0 Å². The van der Waals surface area contributed by atoms with Gasteiger partial charge in [-0.15, -0.1) is 5.10 Å². The first-order chi connectivity index (χ1) is 12.6. The monoisotopic (exact) mass is 378 g/mol. The lowest BCUT2D eigenvalue weighted by atomic mass is 10.1. The van der Waals surface area contributed by atoms with Crippen molar-refractivity contribution in [3.63, 3.8) is 0 Å². The number of nitrogens with zero attached hydrogens (tertiary/aromatic N) is 2. The minimum absolute atomic E-state index is 0.00355. The molecule has 0 saturated heterocycles. The number of aromatic amines is 1. The van der Waals surface area contributed by atoms with Crippen LogP contribution in [0.1, 0.15) is 38.4 Å². The summed E-state index contributed by atoms with van der Waals surface area (Å²) in [6, 6.07) is 2.84. The predicted molar refractivity (Wildman–Crippen MR) is 91.4 cm³/mol. The van der Waals surface area contributed by atoms with Gasteiger partial charge in [-0.3, -0.25) is 4.79 Å². The number of rotatable bonds is 3. The highest BCUT2D eigenvalue weighted by Crippen LogP contribution is 2.34. The number of carboxylic acid groups (broad SMARTS) is 1. The van der Waals surface area contributed by atoms with E-state index in [2.05, 4.69) is 20.5 Å². The van der Waals surface area contributed by atoms with Crippen molar-refractivity contribution in [1.82, 2.24) is 4.98 Å². The zero-order valence-corrected chi connectivity index (χ0v) is 14.1. The first kappa shape index (κ1) is 18.4. The molecule has 0 unspecified atom stereocenters. The molecule has 3 N–H and O–H groups in total. The number of halogens is 3. The molecule has 1 amide bonds. The van der Waals surface area contributed by atoms with Gasteiger partial charge in [-0.25, -0.2) is 4.79 Å². The van der Waals surface area contributed by atoms with Crippen molar-refractivity contribution in [1.29, 1.82) is 0 Å². The molecule has 10 heteroatoms. The van der Waals surface area contributed by atoms with Crippen molar-refractivity contribution in [2.24, 2.45) is 10.2 Å². The molecule has 27 heavy (non-hydrogen) atoms. The third-order valence-electron chi connectivity index (χ3n) is 4.10. The van der Waals surface area contributed by atoms with E-state index < -0.39 is 23.6 Å². The van der Waals surface area contributed by atoms with Crippen LogP contribution in [0.2, 0.25) is 0 Å². The van der Waals surface area contributed by atoms with Crippen LogP contribution < -0.4 is 5.32 Å². The number of benzene rings is 1. The second-order valence-corrected chi connectivity index (χ2v) is 5.87. The minimum Gasteiger partial charge on any atom is -0.478 e. The molecule has 140 valence electrons. The first-order valence-electron chi connectivity index (χ1n) is 7.66. The number of alkyl halides is 3. The second kappa shape index (κ2) is 6.38. The number of H-pyrrole nitrogens is 1. The van der Waals surface area contributed by atoms with Gasteiger partial charge in [0, 0.05) is 11.3 Å². The van der Waals surface area contributed by atoms with E-state index in [0.717, 1.165) is 18.2 Å². The van der Waals surface area contributed by atoms with Crippen molar-refractivity contribution in [3.05, 3.63) is 51.8 Å². The predicted octanol–water partition coefficient (Wildman–Crippen LogP) is 3.12. The van der Waals surface area contributed by atoms with Crippen molar-refractivity contribution in [2.75, 3.05) is 5.32 Å². The normalized spacial score (nSPS) is 15.4. The Hall–Kier alpha value is -3.43. The molecule has 2 aromatic rings. The number of hydrogen-bond acceptors (Lipinski definition) is 4. The molecule has 0 radical (unpaired) electrons. The number of carbonyl (C=O) groups excluding carboxylic acids is 1. The summed E-state index contributed by atoms with van der Waals surface area (Å²) in [5.41, 5.74) is 0.611. The van der Waals surface area contributed by atoms with E-state index in [1.807, 2.05) is 0 Å².